The molecule has 0 aliphatic rings. The van der Waals surface area contributed by atoms with Gasteiger partial charge in [-0.1, -0.05) is 18.2 Å². The highest BCUT2D eigenvalue weighted by Gasteiger charge is 2.18. The molecule has 2 N–H and O–H groups in total. The summed E-state index contributed by atoms with van der Waals surface area (Å²) in [6.07, 6.45) is 0. The summed E-state index contributed by atoms with van der Waals surface area (Å²) < 4.78 is 25.2. The van der Waals surface area contributed by atoms with Crippen molar-refractivity contribution in [1.82, 2.24) is 0 Å². The van der Waals surface area contributed by atoms with E-state index in [0.29, 0.717) is 16.3 Å². The summed E-state index contributed by atoms with van der Waals surface area (Å²) in [6.45, 7) is 1.60. The molecule has 5 heteroatoms. The number of aromatic hydroxyl groups is 2. The van der Waals surface area contributed by atoms with Gasteiger partial charge in [0.15, 0.2) is 0 Å². The molecule has 0 saturated carbocycles. The van der Waals surface area contributed by atoms with Crippen LogP contribution in [0.1, 0.15) is 5.56 Å². The van der Waals surface area contributed by atoms with E-state index in [-0.39, 0.29) is 21.3 Å². The SMILES string of the molecule is Cc1c(O)cc2cc(S(=O)(=O)c3ccccc3)ccc2c1O. The predicted octanol–water partition coefficient (Wildman–Crippen LogP) is 3.39. The lowest BCUT2D eigenvalue weighted by atomic mass is 10.1. The number of benzene rings is 3. The number of sulfone groups is 1. The fourth-order valence-corrected chi connectivity index (χ4v) is 3.67. The maximum absolute atomic E-state index is 12.6. The van der Waals surface area contributed by atoms with Crippen molar-refractivity contribution in [3.63, 3.8) is 0 Å². The predicted molar refractivity (Wildman–Crippen MR) is 83.9 cm³/mol. The third kappa shape index (κ3) is 2.19. The molecule has 3 aromatic rings. The van der Waals surface area contributed by atoms with Crippen molar-refractivity contribution in [3.05, 3.63) is 60.2 Å². The normalized spacial score (nSPS) is 11.7. The summed E-state index contributed by atoms with van der Waals surface area (Å²) in [6, 6.07) is 14.0. The minimum atomic E-state index is -3.63. The zero-order chi connectivity index (χ0) is 15.9. The molecule has 0 radical (unpaired) electrons. The van der Waals surface area contributed by atoms with E-state index in [0.717, 1.165) is 0 Å². The summed E-state index contributed by atoms with van der Waals surface area (Å²) in [5.41, 5.74) is 0.367. The van der Waals surface area contributed by atoms with Gasteiger partial charge in [0.2, 0.25) is 9.84 Å². The molecule has 0 unspecified atom stereocenters. The van der Waals surface area contributed by atoms with Crippen molar-refractivity contribution >= 4 is 20.6 Å². The van der Waals surface area contributed by atoms with Crippen LogP contribution in [0.5, 0.6) is 11.5 Å². The van der Waals surface area contributed by atoms with Crippen LogP contribution in [-0.2, 0) is 9.84 Å². The second kappa shape index (κ2) is 5.03. The Balaban J connectivity index is 2.24. The summed E-state index contributed by atoms with van der Waals surface area (Å²) >= 11 is 0. The summed E-state index contributed by atoms with van der Waals surface area (Å²) in [4.78, 5) is 0.323. The third-order valence-electron chi connectivity index (χ3n) is 3.67. The Morgan fingerprint density at radius 2 is 1.55 bits per heavy atom. The Morgan fingerprint density at radius 3 is 2.23 bits per heavy atom. The van der Waals surface area contributed by atoms with Gasteiger partial charge in [0.1, 0.15) is 11.5 Å². The Labute approximate surface area is 128 Å². The van der Waals surface area contributed by atoms with Gasteiger partial charge in [-0.3, -0.25) is 0 Å². The minimum absolute atomic E-state index is 0.0429. The molecule has 0 aromatic heterocycles. The van der Waals surface area contributed by atoms with E-state index in [1.807, 2.05) is 0 Å². The highest BCUT2D eigenvalue weighted by atomic mass is 32.2. The minimum Gasteiger partial charge on any atom is -0.508 e. The zero-order valence-electron chi connectivity index (χ0n) is 11.8. The number of hydrogen-bond donors (Lipinski definition) is 2. The molecule has 0 aliphatic carbocycles. The molecule has 0 fully saturated rings. The second-order valence-corrected chi connectivity index (χ2v) is 7.02. The lowest BCUT2D eigenvalue weighted by molar-refractivity contribution is 0.448. The van der Waals surface area contributed by atoms with Gasteiger partial charge in [-0.25, -0.2) is 8.42 Å². The summed E-state index contributed by atoms with van der Waals surface area (Å²) in [5.74, 6) is -0.113. The van der Waals surface area contributed by atoms with Crippen LogP contribution in [-0.4, -0.2) is 18.6 Å². The molecule has 0 heterocycles. The molecule has 0 aliphatic heterocycles. The molecule has 4 nitrogen and oxygen atoms in total. The molecule has 22 heavy (non-hydrogen) atoms. The van der Waals surface area contributed by atoms with Crippen LogP contribution in [0.15, 0.2) is 64.4 Å². The van der Waals surface area contributed by atoms with Gasteiger partial charge in [0, 0.05) is 10.9 Å². The van der Waals surface area contributed by atoms with E-state index >= 15 is 0 Å². The first-order valence-corrected chi connectivity index (χ1v) is 8.15. The molecule has 0 spiro atoms. The largest absolute Gasteiger partial charge is 0.508 e. The van der Waals surface area contributed by atoms with Crippen LogP contribution in [0.2, 0.25) is 0 Å². The first-order valence-electron chi connectivity index (χ1n) is 6.66. The number of hydrogen-bond acceptors (Lipinski definition) is 4. The monoisotopic (exact) mass is 314 g/mol. The number of fused-ring (bicyclic) bond motifs is 1. The smallest absolute Gasteiger partial charge is 0.206 e. The van der Waals surface area contributed by atoms with Crippen molar-refractivity contribution in [3.8, 4) is 11.5 Å². The van der Waals surface area contributed by atoms with E-state index < -0.39 is 9.84 Å². The number of phenolic OH excluding ortho intramolecular Hbond substituents is 2. The van der Waals surface area contributed by atoms with Gasteiger partial charge in [0.25, 0.3) is 0 Å². The topological polar surface area (TPSA) is 74.6 Å². The lowest BCUT2D eigenvalue weighted by Gasteiger charge is -2.09. The summed E-state index contributed by atoms with van der Waals surface area (Å²) in [5, 5.41) is 20.8. The van der Waals surface area contributed by atoms with Gasteiger partial charge in [-0.2, -0.15) is 0 Å². The molecule has 112 valence electrons. The van der Waals surface area contributed by atoms with E-state index in [1.54, 1.807) is 31.2 Å². The Kier molecular flexibility index (Phi) is 3.30. The Morgan fingerprint density at radius 1 is 0.864 bits per heavy atom. The fourth-order valence-electron chi connectivity index (χ4n) is 2.36. The van der Waals surface area contributed by atoms with Crippen LogP contribution in [0.4, 0.5) is 0 Å². The molecule has 0 amide bonds. The van der Waals surface area contributed by atoms with Crippen LogP contribution in [0, 0.1) is 6.92 Å². The quantitative estimate of drug-likeness (QED) is 0.760. The van der Waals surface area contributed by atoms with E-state index in [2.05, 4.69) is 0 Å². The molecule has 3 rings (SSSR count). The zero-order valence-corrected chi connectivity index (χ0v) is 12.6. The fraction of sp³-hybridized carbons (Fsp3) is 0.0588. The van der Waals surface area contributed by atoms with Crippen molar-refractivity contribution < 1.29 is 18.6 Å². The maximum Gasteiger partial charge on any atom is 0.206 e. The second-order valence-electron chi connectivity index (χ2n) is 5.07. The van der Waals surface area contributed by atoms with Gasteiger partial charge in [-0.15, -0.1) is 0 Å². The first-order chi connectivity index (χ1) is 10.4. The van der Waals surface area contributed by atoms with Gasteiger partial charge in [0.05, 0.1) is 9.79 Å². The molecule has 0 bridgehead atoms. The highest BCUT2D eigenvalue weighted by molar-refractivity contribution is 7.91. The van der Waals surface area contributed by atoms with Gasteiger partial charge >= 0.3 is 0 Å². The van der Waals surface area contributed by atoms with Crippen LogP contribution in [0.3, 0.4) is 0 Å². The van der Waals surface area contributed by atoms with Crippen LogP contribution in [0.25, 0.3) is 10.8 Å². The lowest BCUT2D eigenvalue weighted by Crippen LogP contribution is -2.01. The third-order valence-corrected chi connectivity index (χ3v) is 5.44. The van der Waals surface area contributed by atoms with Crippen LogP contribution < -0.4 is 0 Å². The van der Waals surface area contributed by atoms with Gasteiger partial charge in [-0.05, 0) is 48.7 Å². The Hall–Kier alpha value is -2.53. The average Bonchev–Trinajstić information content (AvgIpc) is 2.53. The first kappa shape index (κ1) is 14.4. The summed E-state index contributed by atoms with van der Waals surface area (Å²) in [7, 11) is -3.63. The van der Waals surface area contributed by atoms with E-state index in [1.165, 1.54) is 30.3 Å². The molecule has 3 aromatic carbocycles. The molecular formula is C17H14O4S. The number of phenols is 2. The molecular weight excluding hydrogens is 300 g/mol. The van der Waals surface area contributed by atoms with Crippen molar-refractivity contribution in [2.45, 2.75) is 16.7 Å². The van der Waals surface area contributed by atoms with Crippen molar-refractivity contribution in [2.75, 3.05) is 0 Å². The molecule has 0 saturated heterocycles. The Bertz CT molecular complexity index is 961. The highest BCUT2D eigenvalue weighted by Crippen LogP contribution is 2.36. The van der Waals surface area contributed by atoms with E-state index in [4.69, 9.17) is 0 Å². The maximum atomic E-state index is 12.6. The van der Waals surface area contributed by atoms with Crippen molar-refractivity contribution in [1.29, 1.82) is 0 Å². The van der Waals surface area contributed by atoms with Crippen molar-refractivity contribution in [2.24, 2.45) is 0 Å². The standard InChI is InChI=1S/C17H14O4S/c1-11-16(18)10-12-9-14(7-8-15(12)17(11)19)22(20,21)13-5-3-2-4-6-13/h2-10,18-19H,1H3. The number of rotatable bonds is 2. The molecule has 0 atom stereocenters. The van der Waals surface area contributed by atoms with E-state index in [9.17, 15) is 18.6 Å². The van der Waals surface area contributed by atoms with Gasteiger partial charge < -0.3 is 10.2 Å². The average molecular weight is 314 g/mol. The van der Waals surface area contributed by atoms with Crippen LogP contribution >= 0.6 is 0 Å².